The molecule has 0 aliphatic carbocycles. The normalized spacial score (nSPS) is 13.4. The fourth-order valence-corrected chi connectivity index (χ4v) is 4.62. The smallest absolute Gasteiger partial charge is 0.247 e. The third-order valence-electron chi connectivity index (χ3n) is 6.42. The average Bonchev–Trinajstić information content (AvgIpc) is 2.88. The number of fused-ring (bicyclic) bond motifs is 1. The number of benzene rings is 3. The minimum atomic E-state index is -0.249. The molecule has 1 aliphatic rings. The zero-order valence-corrected chi connectivity index (χ0v) is 20.0. The summed E-state index contributed by atoms with van der Waals surface area (Å²) in [6.45, 7) is 6.61. The minimum Gasteiger partial charge on any atom is -0.395 e. The van der Waals surface area contributed by atoms with Gasteiger partial charge in [-0.15, -0.1) is 0 Å². The quantitative estimate of drug-likeness (QED) is 0.274. The fraction of sp³-hybridized carbons (Fsp3) is 0.233. The van der Waals surface area contributed by atoms with Crippen molar-refractivity contribution in [3.63, 3.8) is 0 Å². The van der Waals surface area contributed by atoms with Crippen LogP contribution in [0.5, 0.6) is 0 Å². The van der Waals surface area contributed by atoms with Gasteiger partial charge in [0.1, 0.15) is 0 Å². The minimum absolute atomic E-state index is 0. The van der Waals surface area contributed by atoms with E-state index in [1.165, 1.54) is 11.6 Å². The highest BCUT2D eigenvalue weighted by Crippen LogP contribution is 2.30. The number of anilines is 3. The number of aliphatic hydroxyl groups is 1. The first kappa shape index (κ1) is 26.0. The molecule has 0 spiro atoms. The Morgan fingerprint density at radius 3 is 2.62 bits per heavy atom. The van der Waals surface area contributed by atoms with Crippen LogP contribution in [-0.2, 0) is 11.2 Å². The van der Waals surface area contributed by atoms with Crippen LogP contribution in [0.2, 0.25) is 0 Å². The largest absolute Gasteiger partial charge is 0.395 e. The lowest BCUT2D eigenvalue weighted by Crippen LogP contribution is -2.48. The van der Waals surface area contributed by atoms with Crippen LogP contribution in [0.1, 0.15) is 13.0 Å². The molecule has 1 fully saturated rings. The zero-order valence-electron chi connectivity index (χ0n) is 20.0. The molecule has 3 aromatic carbocycles. The monoisotopic (exact) mass is 495 g/mol. The highest BCUT2D eigenvalue weighted by Gasteiger charge is 2.25. The van der Waals surface area contributed by atoms with Crippen molar-refractivity contribution in [1.29, 1.82) is 0 Å². The van der Waals surface area contributed by atoms with Gasteiger partial charge in [0.2, 0.25) is 11.9 Å². The number of hydrogen-bond acceptors (Lipinski definition) is 6. The van der Waals surface area contributed by atoms with Gasteiger partial charge in [-0.2, -0.15) is 0 Å². The molecule has 7 heteroatoms. The van der Waals surface area contributed by atoms with Crippen LogP contribution in [0.25, 0.3) is 22.0 Å². The molecule has 190 valence electrons. The van der Waals surface area contributed by atoms with Gasteiger partial charge in [-0.25, -0.2) is 9.97 Å². The number of para-hydroxylation sites is 1. The van der Waals surface area contributed by atoms with E-state index >= 15 is 0 Å². The Kier molecular flexibility index (Phi) is 8.28. The lowest BCUT2D eigenvalue weighted by atomic mass is 9.92. The van der Waals surface area contributed by atoms with Gasteiger partial charge in [-0.1, -0.05) is 56.5 Å². The summed E-state index contributed by atoms with van der Waals surface area (Å²) in [4.78, 5) is 23.3. The van der Waals surface area contributed by atoms with E-state index in [1.54, 1.807) is 0 Å². The van der Waals surface area contributed by atoms with E-state index in [9.17, 15) is 4.79 Å². The van der Waals surface area contributed by atoms with Crippen LogP contribution in [0, 0.1) is 5.92 Å². The number of amides is 1. The van der Waals surface area contributed by atoms with Crippen molar-refractivity contribution in [3.05, 3.63) is 91.1 Å². The Hall–Kier alpha value is -4.07. The summed E-state index contributed by atoms with van der Waals surface area (Å²) in [5.41, 5.74) is 5.67. The van der Waals surface area contributed by atoms with Gasteiger partial charge in [0.15, 0.2) is 0 Å². The molecule has 2 heterocycles. The van der Waals surface area contributed by atoms with E-state index < -0.39 is 0 Å². The Morgan fingerprint density at radius 1 is 1.08 bits per heavy atom. The molecular formula is C30H33N5O2. The Morgan fingerprint density at radius 2 is 1.86 bits per heavy atom. The number of likely N-dealkylation sites (tertiary alicyclic amines) is 1. The average molecular weight is 496 g/mol. The van der Waals surface area contributed by atoms with Crippen LogP contribution in [0.4, 0.5) is 17.3 Å². The first-order valence-corrected chi connectivity index (χ1v) is 12.1. The van der Waals surface area contributed by atoms with Crippen LogP contribution in [0.3, 0.4) is 0 Å². The first-order valence-electron chi connectivity index (χ1n) is 12.1. The van der Waals surface area contributed by atoms with E-state index in [4.69, 9.17) is 10.1 Å². The van der Waals surface area contributed by atoms with Gasteiger partial charge in [0.25, 0.3) is 0 Å². The topological polar surface area (TPSA) is 90.4 Å². The summed E-state index contributed by atoms with van der Waals surface area (Å²) in [7, 11) is 0. The number of carbonyl (C=O) groups is 1. The second-order valence-corrected chi connectivity index (χ2v) is 9.09. The van der Waals surface area contributed by atoms with E-state index in [0.29, 0.717) is 17.6 Å². The highest BCUT2D eigenvalue weighted by molar-refractivity contribution is 6.00. The summed E-state index contributed by atoms with van der Waals surface area (Å²) >= 11 is 0. The molecule has 0 bridgehead atoms. The number of hydrogen-bond donors (Lipinski definition) is 3. The first-order chi connectivity index (χ1) is 17.6. The van der Waals surface area contributed by atoms with Crippen LogP contribution < -0.4 is 10.6 Å². The Bertz CT molecular complexity index is 1380. The predicted molar refractivity (Wildman–Crippen MR) is 151 cm³/mol. The number of nitrogens with one attached hydrogen (secondary N) is 2. The lowest BCUT2D eigenvalue weighted by Gasteiger charge is -2.39. The molecule has 3 N–H and O–H groups in total. The van der Waals surface area contributed by atoms with Crippen molar-refractivity contribution >= 4 is 34.1 Å². The van der Waals surface area contributed by atoms with Crippen molar-refractivity contribution in [2.75, 3.05) is 36.9 Å². The third-order valence-corrected chi connectivity index (χ3v) is 6.42. The number of rotatable bonds is 9. The molecule has 0 saturated carbocycles. The maximum Gasteiger partial charge on any atom is 0.247 e. The summed E-state index contributed by atoms with van der Waals surface area (Å²) in [6, 6.07) is 22.1. The van der Waals surface area contributed by atoms with E-state index in [1.807, 2.05) is 48.7 Å². The highest BCUT2D eigenvalue weighted by atomic mass is 16.3. The number of nitrogens with zero attached hydrogens (tertiary/aromatic N) is 3. The number of aliphatic hydroxyl groups excluding tert-OH is 1. The molecule has 0 radical (unpaired) electrons. The molecule has 1 amide bonds. The molecule has 4 aromatic rings. The van der Waals surface area contributed by atoms with Crippen molar-refractivity contribution in [2.45, 2.75) is 13.8 Å². The van der Waals surface area contributed by atoms with Gasteiger partial charge in [-0.05, 0) is 53.8 Å². The molecule has 5 rings (SSSR count). The predicted octanol–water partition coefficient (Wildman–Crippen LogP) is 5.27. The Labute approximate surface area is 217 Å². The van der Waals surface area contributed by atoms with Crippen LogP contribution in [0.15, 0.2) is 85.6 Å². The SMILES string of the molecule is C.C=CC(=O)Nc1cccc(-c2cccc3cnc(Nc4ccc(CC5CN(CCO)C5)cc4)nc23)c1. The molecule has 1 aromatic heterocycles. The van der Waals surface area contributed by atoms with Crippen molar-refractivity contribution in [3.8, 4) is 11.1 Å². The van der Waals surface area contributed by atoms with Crippen molar-refractivity contribution < 1.29 is 9.90 Å². The summed E-state index contributed by atoms with van der Waals surface area (Å²) in [6.07, 6.45) is 4.12. The van der Waals surface area contributed by atoms with Crippen LogP contribution >= 0.6 is 0 Å². The number of β-amino-alcohol motifs (C(OH)–C–C–N with tert-alkyl or cyclic N) is 1. The summed E-state index contributed by atoms with van der Waals surface area (Å²) in [5, 5.41) is 16.1. The second kappa shape index (κ2) is 11.8. The number of carbonyl (C=O) groups excluding carboxylic acids is 1. The molecule has 1 aliphatic heterocycles. The zero-order chi connectivity index (χ0) is 24.9. The van der Waals surface area contributed by atoms with Crippen molar-refractivity contribution in [1.82, 2.24) is 14.9 Å². The van der Waals surface area contributed by atoms with Crippen molar-refractivity contribution in [2.24, 2.45) is 5.92 Å². The van der Waals surface area contributed by atoms with Crippen LogP contribution in [-0.4, -0.2) is 52.1 Å². The molecular weight excluding hydrogens is 462 g/mol. The molecule has 0 atom stereocenters. The van der Waals surface area contributed by atoms with E-state index in [0.717, 1.165) is 53.8 Å². The molecule has 1 saturated heterocycles. The Balaban J connectivity index is 0.00000320. The maximum atomic E-state index is 11.7. The summed E-state index contributed by atoms with van der Waals surface area (Å²) in [5.74, 6) is 0.930. The fourth-order valence-electron chi connectivity index (χ4n) is 4.62. The van der Waals surface area contributed by atoms with Gasteiger partial charge in [0.05, 0.1) is 12.1 Å². The van der Waals surface area contributed by atoms with E-state index in [-0.39, 0.29) is 19.9 Å². The van der Waals surface area contributed by atoms with E-state index in [2.05, 4.69) is 51.4 Å². The lowest BCUT2D eigenvalue weighted by molar-refractivity contribution is -0.111. The summed E-state index contributed by atoms with van der Waals surface area (Å²) < 4.78 is 0. The molecule has 7 nitrogen and oxygen atoms in total. The second-order valence-electron chi connectivity index (χ2n) is 9.09. The maximum absolute atomic E-state index is 11.7. The van der Waals surface area contributed by atoms with Gasteiger partial charge < -0.3 is 20.6 Å². The standard InChI is InChI=1S/C29H29N5O2.CH4/c1-2-27(36)31-25-7-3-5-22(16-25)26-8-4-6-23-17-30-29(33-28(23)26)32-24-11-9-20(10-12-24)15-21-18-34(19-21)13-14-35;/h2-12,16-17,21,35H,1,13-15,18-19H2,(H,31,36)(H,30,32,33);1H4. The molecule has 37 heavy (non-hydrogen) atoms. The third kappa shape index (κ3) is 6.20. The van der Waals surface area contributed by atoms with Gasteiger partial charge in [-0.3, -0.25) is 4.79 Å². The van der Waals surface area contributed by atoms with Gasteiger partial charge in [0, 0.05) is 48.2 Å². The molecule has 0 unspecified atom stereocenters. The number of aromatic nitrogens is 2. The van der Waals surface area contributed by atoms with Gasteiger partial charge >= 0.3 is 0 Å².